The molecule has 2 rings (SSSR count). The third kappa shape index (κ3) is 3.97. The highest BCUT2D eigenvalue weighted by Gasteiger charge is 2.06. The van der Waals surface area contributed by atoms with E-state index in [9.17, 15) is 4.39 Å². The Labute approximate surface area is 131 Å². The summed E-state index contributed by atoms with van der Waals surface area (Å²) in [7, 11) is 0. The standard InChI is InChI=1S/C15H11ClFN3S/c1-21-15(19-9-18)20-12-6-7-13(14(16)8-12)10-2-4-11(17)5-3-10/h2-8H,1H3,(H,19,20). The van der Waals surface area contributed by atoms with Gasteiger partial charge in [0, 0.05) is 11.3 Å². The molecule has 0 aromatic heterocycles. The second-order valence-electron chi connectivity index (χ2n) is 4.05. The summed E-state index contributed by atoms with van der Waals surface area (Å²) in [5.74, 6) is -0.287. The molecule has 0 aliphatic rings. The molecule has 2 aromatic rings. The van der Waals surface area contributed by atoms with Crippen LogP contribution in [0.25, 0.3) is 11.1 Å². The fourth-order valence-corrected chi connectivity index (χ4v) is 2.39. The summed E-state index contributed by atoms with van der Waals surface area (Å²) in [4.78, 5) is 3.65. The quantitative estimate of drug-likeness (QED) is 0.493. The maximum atomic E-state index is 12.9. The van der Waals surface area contributed by atoms with Gasteiger partial charge in [-0.3, -0.25) is 0 Å². The first-order valence-electron chi connectivity index (χ1n) is 5.97. The van der Waals surface area contributed by atoms with E-state index in [1.54, 1.807) is 24.4 Å². The largest absolute Gasteiger partial charge is 0.334 e. The molecule has 0 spiro atoms. The minimum atomic E-state index is -0.287. The highest BCUT2D eigenvalue weighted by Crippen LogP contribution is 2.30. The maximum absolute atomic E-state index is 12.9. The first-order valence-corrected chi connectivity index (χ1v) is 7.57. The predicted molar refractivity (Wildman–Crippen MR) is 87.0 cm³/mol. The summed E-state index contributed by atoms with van der Waals surface area (Å²) >= 11 is 7.59. The molecule has 0 fully saturated rings. The molecule has 21 heavy (non-hydrogen) atoms. The predicted octanol–water partition coefficient (Wildman–Crippen LogP) is 4.76. The van der Waals surface area contributed by atoms with Crippen LogP contribution in [0.4, 0.5) is 10.1 Å². The van der Waals surface area contributed by atoms with E-state index in [1.807, 2.05) is 18.4 Å². The molecule has 6 heteroatoms. The Morgan fingerprint density at radius 2 is 2.00 bits per heavy atom. The van der Waals surface area contributed by atoms with Crippen LogP contribution in [-0.2, 0) is 0 Å². The second-order valence-corrected chi connectivity index (χ2v) is 5.25. The monoisotopic (exact) mass is 319 g/mol. The summed E-state index contributed by atoms with van der Waals surface area (Å²) in [5, 5.41) is 12.6. The van der Waals surface area contributed by atoms with Gasteiger partial charge in [-0.2, -0.15) is 5.26 Å². The lowest BCUT2D eigenvalue weighted by Crippen LogP contribution is -2.06. The molecule has 0 radical (unpaired) electrons. The van der Waals surface area contributed by atoms with Gasteiger partial charge in [0.25, 0.3) is 0 Å². The van der Waals surface area contributed by atoms with Crippen molar-refractivity contribution >= 4 is 34.2 Å². The number of nitrogens with zero attached hydrogens (tertiary/aromatic N) is 2. The van der Waals surface area contributed by atoms with Gasteiger partial charge in [-0.1, -0.05) is 41.6 Å². The third-order valence-corrected chi connectivity index (χ3v) is 3.61. The minimum Gasteiger partial charge on any atom is -0.334 e. The van der Waals surface area contributed by atoms with Gasteiger partial charge >= 0.3 is 0 Å². The van der Waals surface area contributed by atoms with Crippen molar-refractivity contribution in [3.8, 4) is 17.3 Å². The molecule has 1 N–H and O–H groups in total. The van der Waals surface area contributed by atoms with Gasteiger partial charge in [-0.25, -0.2) is 4.39 Å². The number of amidine groups is 1. The zero-order chi connectivity index (χ0) is 15.2. The van der Waals surface area contributed by atoms with Crippen LogP contribution in [0.3, 0.4) is 0 Å². The van der Waals surface area contributed by atoms with Crippen LogP contribution < -0.4 is 5.32 Å². The van der Waals surface area contributed by atoms with E-state index in [1.165, 1.54) is 23.9 Å². The van der Waals surface area contributed by atoms with Gasteiger partial charge in [-0.15, -0.1) is 4.99 Å². The van der Waals surface area contributed by atoms with Crippen molar-refractivity contribution in [2.75, 3.05) is 11.6 Å². The number of halogens is 2. The highest BCUT2D eigenvalue weighted by atomic mass is 35.5. The molecule has 0 saturated carbocycles. The van der Waals surface area contributed by atoms with Crippen molar-refractivity contribution in [2.45, 2.75) is 0 Å². The van der Waals surface area contributed by atoms with Crippen LogP contribution in [-0.4, -0.2) is 11.4 Å². The second kappa shape index (κ2) is 7.11. The van der Waals surface area contributed by atoms with Gasteiger partial charge in [0.05, 0.1) is 5.02 Å². The number of nitriles is 1. The maximum Gasteiger partial charge on any atom is 0.208 e. The highest BCUT2D eigenvalue weighted by molar-refractivity contribution is 8.13. The fraction of sp³-hybridized carbons (Fsp3) is 0.0667. The molecule has 0 saturated heterocycles. The van der Waals surface area contributed by atoms with Crippen LogP contribution in [0.5, 0.6) is 0 Å². The third-order valence-electron chi connectivity index (χ3n) is 2.72. The molecule has 3 nitrogen and oxygen atoms in total. The van der Waals surface area contributed by atoms with E-state index in [-0.39, 0.29) is 5.82 Å². The lowest BCUT2D eigenvalue weighted by Gasteiger charge is -2.09. The molecule has 2 aromatic carbocycles. The van der Waals surface area contributed by atoms with Crippen molar-refractivity contribution in [3.05, 3.63) is 53.3 Å². The molecule has 0 unspecified atom stereocenters. The number of hydrogen-bond acceptors (Lipinski definition) is 3. The van der Waals surface area contributed by atoms with E-state index < -0.39 is 0 Å². The Balaban J connectivity index is 2.28. The van der Waals surface area contributed by atoms with Gasteiger partial charge in [0.2, 0.25) is 6.19 Å². The number of benzene rings is 2. The summed E-state index contributed by atoms with van der Waals surface area (Å²) in [6.45, 7) is 0. The lowest BCUT2D eigenvalue weighted by molar-refractivity contribution is 0.628. The summed E-state index contributed by atoms with van der Waals surface area (Å²) in [5.41, 5.74) is 2.38. The average molecular weight is 320 g/mol. The SMILES string of the molecule is CS/C(=N\C#N)Nc1ccc(-c2ccc(F)cc2)c(Cl)c1. The van der Waals surface area contributed by atoms with Crippen molar-refractivity contribution in [3.63, 3.8) is 0 Å². The van der Waals surface area contributed by atoms with Crippen LogP contribution in [0, 0.1) is 17.3 Å². The molecule has 106 valence electrons. The number of anilines is 1. The summed E-state index contributed by atoms with van der Waals surface area (Å²) < 4.78 is 12.9. The van der Waals surface area contributed by atoms with E-state index in [0.29, 0.717) is 10.2 Å². The fourth-order valence-electron chi connectivity index (χ4n) is 1.75. The Morgan fingerprint density at radius 3 is 2.57 bits per heavy atom. The summed E-state index contributed by atoms with van der Waals surface area (Å²) in [6.07, 6.45) is 3.55. The van der Waals surface area contributed by atoms with Gasteiger partial charge < -0.3 is 5.32 Å². The smallest absolute Gasteiger partial charge is 0.208 e. The molecular weight excluding hydrogens is 309 g/mol. The van der Waals surface area contributed by atoms with Crippen LogP contribution in [0.1, 0.15) is 0 Å². The number of thioether (sulfide) groups is 1. The number of nitrogens with one attached hydrogen (secondary N) is 1. The topological polar surface area (TPSA) is 48.2 Å². The zero-order valence-electron chi connectivity index (χ0n) is 11.1. The molecule has 0 heterocycles. The van der Waals surface area contributed by atoms with E-state index in [0.717, 1.165) is 16.8 Å². The van der Waals surface area contributed by atoms with Gasteiger partial charge in [0.1, 0.15) is 5.82 Å². The Kier molecular flexibility index (Phi) is 5.20. The Bertz CT molecular complexity index is 708. The molecule has 0 amide bonds. The zero-order valence-corrected chi connectivity index (χ0v) is 12.7. The van der Waals surface area contributed by atoms with Crippen molar-refractivity contribution in [1.29, 1.82) is 5.26 Å². The first kappa shape index (κ1) is 15.4. The molecule has 0 aliphatic heterocycles. The Hall–Kier alpha value is -2.03. The Morgan fingerprint density at radius 1 is 1.29 bits per heavy atom. The van der Waals surface area contributed by atoms with Crippen LogP contribution >= 0.6 is 23.4 Å². The molecule has 0 atom stereocenters. The van der Waals surface area contributed by atoms with Gasteiger partial charge in [0.15, 0.2) is 5.17 Å². The van der Waals surface area contributed by atoms with E-state index in [4.69, 9.17) is 16.9 Å². The number of hydrogen-bond donors (Lipinski definition) is 1. The lowest BCUT2D eigenvalue weighted by atomic mass is 10.1. The van der Waals surface area contributed by atoms with E-state index in [2.05, 4.69) is 10.3 Å². The van der Waals surface area contributed by atoms with Gasteiger partial charge in [-0.05, 0) is 36.1 Å². The van der Waals surface area contributed by atoms with E-state index >= 15 is 0 Å². The molecule has 0 aliphatic carbocycles. The molecular formula is C15H11ClFN3S. The van der Waals surface area contributed by atoms with Crippen molar-refractivity contribution in [2.24, 2.45) is 4.99 Å². The normalized spacial score (nSPS) is 11.0. The number of rotatable bonds is 2. The average Bonchev–Trinajstić information content (AvgIpc) is 2.48. The first-order chi connectivity index (χ1) is 10.1. The molecule has 0 bridgehead atoms. The summed E-state index contributed by atoms with van der Waals surface area (Å²) in [6, 6.07) is 11.5. The van der Waals surface area contributed by atoms with Crippen LogP contribution in [0.2, 0.25) is 5.02 Å². The number of aliphatic imine (C=N–C) groups is 1. The minimum absolute atomic E-state index is 0.287. The van der Waals surface area contributed by atoms with Crippen molar-refractivity contribution in [1.82, 2.24) is 0 Å². The van der Waals surface area contributed by atoms with Crippen molar-refractivity contribution < 1.29 is 4.39 Å². The van der Waals surface area contributed by atoms with Crippen LogP contribution in [0.15, 0.2) is 47.5 Å².